The molecule has 0 aromatic heterocycles. The highest BCUT2D eigenvalue weighted by Crippen LogP contribution is 2.24. The molecule has 0 unspecified atom stereocenters. The summed E-state index contributed by atoms with van der Waals surface area (Å²) in [6.45, 7) is 0.927. The van der Waals surface area contributed by atoms with Crippen molar-refractivity contribution < 1.29 is 18.7 Å². The zero-order chi connectivity index (χ0) is 17.8. The fourth-order valence-electron chi connectivity index (χ4n) is 2.89. The standard InChI is InChI=1S/C17H23FN4O3/c18-13-8-12(22-6-7-25-10-16(22)23)4-5-14(13)21-17(24)15(9-19)20-11-2-1-3-11/h4-5,8,11,15,20H,1-3,6-7,9-10,19H2,(H,21,24)/t15-/m1/s1. The first kappa shape index (κ1) is 17.8. The highest BCUT2D eigenvalue weighted by atomic mass is 19.1. The van der Waals surface area contributed by atoms with Gasteiger partial charge >= 0.3 is 0 Å². The summed E-state index contributed by atoms with van der Waals surface area (Å²) in [7, 11) is 0. The Hall–Kier alpha value is -2.03. The van der Waals surface area contributed by atoms with Crippen LogP contribution in [0.15, 0.2) is 18.2 Å². The molecule has 1 saturated carbocycles. The molecule has 3 rings (SSSR count). The predicted octanol–water partition coefficient (Wildman–Crippen LogP) is 0.597. The van der Waals surface area contributed by atoms with Crippen LogP contribution in [0.25, 0.3) is 0 Å². The molecule has 1 atom stereocenters. The van der Waals surface area contributed by atoms with E-state index < -0.39 is 11.9 Å². The topological polar surface area (TPSA) is 96.7 Å². The second-order valence-electron chi connectivity index (χ2n) is 6.33. The number of amides is 2. The molecule has 2 aliphatic rings. The molecule has 1 aromatic carbocycles. The Morgan fingerprint density at radius 3 is 2.84 bits per heavy atom. The molecule has 1 aliphatic heterocycles. The number of rotatable bonds is 6. The van der Waals surface area contributed by atoms with Gasteiger partial charge in [-0.3, -0.25) is 9.59 Å². The maximum absolute atomic E-state index is 14.4. The number of nitrogens with two attached hydrogens (primary N) is 1. The Labute approximate surface area is 145 Å². The van der Waals surface area contributed by atoms with Gasteiger partial charge in [-0.15, -0.1) is 0 Å². The van der Waals surface area contributed by atoms with Crippen molar-refractivity contribution in [2.24, 2.45) is 5.73 Å². The van der Waals surface area contributed by atoms with Gasteiger partial charge in [0.1, 0.15) is 12.4 Å². The van der Waals surface area contributed by atoms with Crippen molar-refractivity contribution in [3.63, 3.8) is 0 Å². The molecule has 1 saturated heterocycles. The van der Waals surface area contributed by atoms with Crippen molar-refractivity contribution in [2.75, 3.05) is 36.5 Å². The third-order valence-electron chi connectivity index (χ3n) is 4.60. The number of morpholine rings is 1. The monoisotopic (exact) mass is 350 g/mol. The number of carbonyl (C=O) groups is 2. The molecular weight excluding hydrogens is 327 g/mol. The van der Waals surface area contributed by atoms with Crippen molar-refractivity contribution in [1.82, 2.24) is 5.32 Å². The molecule has 1 aliphatic carbocycles. The average Bonchev–Trinajstić information content (AvgIpc) is 2.56. The first-order chi connectivity index (χ1) is 12.1. The van der Waals surface area contributed by atoms with Gasteiger partial charge in [0.2, 0.25) is 5.91 Å². The number of ether oxygens (including phenoxy) is 1. The van der Waals surface area contributed by atoms with E-state index >= 15 is 0 Å². The molecule has 1 heterocycles. The molecule has 0 radical (unpaired) electrons. The molecular formula is C17H23FN4O3. The Bertz CT molecular complexity index is 651. The number of hydrogen-bond acceptors (Lipinski definition) is 5. The molecule has 1 aromatic rings. The normalized spacial score (nSPS) is 19.4. The van der Waals surface area contributed by atoms with Gasteiger partial charge in [0.05, 0.1) is 18.3 Å². The van der Waals surface area contributed by atoms with Crippen molar-refractivity contribution in [2.45, 2.75) is 31.3 Å². The summed E-state index contributed by atoms with van der Waals surface area (Å²) < 4.78 is 19.4. The van der Waals surface area contributed by atoms with Crippen LogP contribution in [0.1, 0.15) is 19.3 Å². The molecule has 2 fully saturated rings. The minimum Gasteiger partial charge on any atom is -0.370 e. The molecule has 136 valence electrons. The maximum Gasteiger partial charge on any atom is 0.253 e. The van der Waals surface area contributed by atoms with Crippen LogP contribution in [0.2, 0.25) is 0 Å². The van der Waals surface area contributed by atoms with Crippen LogP contribution in [0.5, 0.6) is 0 Å². The molecule has 25 heavy (non-hydrogen) atoms. The van der Waals surface area contributed by atoms with E-state index in [9.17, 15) is 14.0 Å². The predicted molar refractivity (Wildman–Crippen MR) is 91.8 cm³/mol. The van der Waals surface area contributed by atoms with Crippen LogP contribution >= 0.6 is 0 Å². The molecule has 7 nitrogen and oxygen atoms in total. The Morgan fingerprint density at radius 2 is 2.24 bits per heavy atom. The lowest BCUT2D eigenvalue weighted by Crippen LogP contribution is -2.52. The van der Waals surface area contributed by atoms with Gasteiger partial charge in [-0.25, -0.2) is 4.39 Å². The van der Waals surface area contributed by atoms with Gasteiger partial charge in [-0.2, -0.15) is 0 Å². The van der Waals surface area contributed by atoms with Gasteiger partial charge in [0.25, 0.3) is 5.91 Å². The van der Waals surface area contributed by atoms with Gasteiger partial charge < -0.3 is 26.0 Å². The Balaban J connectivity index is 1.65. The van der Waals surface area contributed by atoms with Gasteiger partial charge in [0, 0.05) is 24.8 Å². The summed E-state index contributed by atoms with van der Waals surface area (Å²) in [6, 6.07) is 4.07. The SMILES string of the molecule is NC[C@@H](NC1CCC1)C(=O)Nc1ccc(N2CCOCC2=O)cc1F. The molecule has 2 amide bonds. The largest absolute Gasteiger partial charge is 0.370 e. The number of nitrogens with one attached hydrogen (secondary N) is 2. The summed E-state index contributed by atoms with van der Waals surface area (Å²) in [5.74, 6) is -1.16. The van der Waals surface area contributed by atoms with E-state index in [-0.39, 0.29) is 30.7 Å². The third kappa shape index (κ3) is 4.15. The van der Waals surface area contributed by atoms with Gasteiger partial charge in [-0.05, 0) is 31.0 Å². The van der Waals surface area contributed by atoms with Crippen molar-refractivity contribution >= 4 is 23.2 Å². The smallest absolute Gasteiger partial charge is 0.253 e. The van der Waals surface area contributed by atoms with Crippen LogP contribution in [-0.2, 0) is 14.3 Å². The highest BCUT2D eigenvalue weighted by Gasteiger charge is 2.26. The van der Waals surface area contributed by atoms with Crippen molar-refractivity contribution in [3.05, 3.63) is 24.0 Å². The number of anilines is 2. The van der Waals surface area contributed by atoms with Crippen LogP contribution in [-0.4, -0.2) is 50.2 Å². The van der Waals surface area contributed by atoms with Crippen LogP contribution < -0.4 is 21.3 Å². The number of carbonyl (C=O) groups excluding carboxylic acids is 2. The van der Waals surface area contributed by atoms with E-state index in [0.717, 1.165) is 19.3 Å². The summed E-state index contributed by atoms with van der Waals surface area (Å²) in [6.07, 6.45) is 3.20. The highest BCUT2D eigenvalue weighted by molar-refractivity contribution is 5.97. The lowest BCUT2D eigenvalue weighted by atomic mass is 9.92. The molecule has 0 bridgehead atoms. The summed E-state index contributed by atoms with van der Waals surface area (Å²) in [4.78, 5) is 25.6. The van der Waals surface area contributed by atoms with E-state index in [0.29, 0.717) is 24.9 Å². The third-order valence-corrected chi connectivity index (χ3v) is 4.60. The minimum atomic E-state index is -0.593. The van der Waals surface area contributed by atoms with Crippen LogP contribution in [0.3, 0.4) is 0 Å². The first-order valence-corrected chi connectivity index (χ1v) is 8.53. The summed E-state index contributed by atoms with van der Waals surface area (Å²) in [5, 5.41) is 5.76. The second kappa shape index (κ2) is 7.90. The van der Waals surface area contributed by atoms with E-state index in [1.54, 1.807) is 6.07 Å². The van der Waals surface area contributed by atoms with Gasteiger partial charge in [-0.1, -0.05) is 6.42 Å². The van der Waals surface area contributed by atoms with E-state index in [1.807, 2.05) is 0 Å². The summed E-state index contributed by atoms with van der Waals surface area (Å²) >= 11 is 0. The van der Waals surface area contributed by atoms with E-state index in [1.165, 1.54) is 17.0 Å². The number of nitrogens with zero attached hydrogens (tertiary/aromatic N) is 1. The fraction of sp³-hybridized carbons (Fsp3) is 0.529. The lowest BCUT2D eigenvalue weighted by molar-refractivity contribution is -0.125. The lowest BCUT2D eigenvalue weighted by Gasteiger charge is -2.30. The molecule has 0 spiro atoms. The fourth-order valence-corrected chi connectivity index (χ4v) is 2.89. The van der Waals surface area contributed by atoms with Gasteiger partial charge in [0.15, 0.2) is 0 Å². The quantitative estimate of drug-likeness (QED) is 0.698. The second-order valence-corrected chi connectivity index (χ2v) is 6.33. The molecule has 8 heteroatoms. The van der Waals surface area contributed by atoms with Crippen molar-refractivity contribution in [1.29, 1.82) is 0 Å². The Kier molecular flexibility index (Phi) is 5.62. The van der Waals surface area contributed by atoms with Crippen LogP contribution in [0.4, 0.5) is 15.8 Å². The maximum atomic E-state index is 14.4. The first-order valence-electron chi connectivity index (χ1n) is 8.53. The van der Waals surface area contributed by atoms with Crippen LogP contribution in [0, 0.1) is 5.82 Å². The number of benzene rings is 1. The van der Waals surface area contributed by atoms with Crippen molar-refractivity contribution in [3.8, 4) is 0 Å². The van der Waals surface area contributed by atoms with E-state index in [4.69, 9.17) is 10.5 Å². The number of halogens is 1. The minimum absolute atomic E-state index is 0.00881. The summed E-state index contributed by atoms with van der Waals surface area (Å²) in [5.41, 5.74) is 6.18. The average molecular weight is 350 g/mol. The zero-order valence-corrected chi connectivity index (χ0v) is 14.0. The van der Waals surface area contributed by atoms with E-state index in [2.05, 4.69) is 10.6 Å². The Morgan fingerprint density at radius 1 is 1.44 bits per heavy atom. The zero-order valence-electron chi connectivity index (χ0n) is 14.0. The molecule has 4 N–H and O–H groups in total. The number of hydrogen-bond donors (Lipinski definition) is 3.